The fourth-order valence-electron chi connectivity index (χ4n) is 4.61. The van der Waals surface area contributed by atoms with Gasteiger partial charge in [0.05, 0.1) is 0 Å². The topological polar surface area (TPSA) is 0 Å². The van der Waals surface area contributed by atoms with Gasteiger partial charge in [-0.25, -0.2) is 0 Å². The third kappa shape index (κ3) is 3.60. The molecule has 0 bridgehead atoms. The minimum atomic E-state index is 0.0703. The van der Waals surface area contributed by atoms with E-state index in [1.807, 2.05) is 0 Å². The van der Waals surface area contributed by atoms with Crippen LogP contribution in [0.5, 0.6) is 0 Å². The maximum absolute atomic E-state index is 2.42. The lowest BCUT2D eigenvalue weighted by atomic mass is 9.81. The van der Waals surface area contributed by atoms with E-state index in [0.717, 1.165) is 6.42 Å². The molecule has 3 aromatic rings. The number of rotatable bonds is 4. The van der Waals surface area contributed by atoms with Crippen LogP contribution < -0.4 is 0 Å². The molecule has 1 aliphatic carbocycles. The molecular weight excluding hydrogens is 348 g/mol. The molecular formula is C29H30. The largest absolute Gasteiger partial charge is 0.0689 e. The maximum Gasteiger partial charge on any atom is 0.0158 e. The first-order valence-electron chi connectivity index (χ1n) is 10.5. The Hall–Kier alpha value is -2.86. The Morgan fingerprint density at radius 2 is 1.48 bits per heavy atom. The highest BCUT2D eigenvalue weighted by Crippen LogP contribution is 2.48. The van der Waals surface area contributed by atoms with Gasteiger partial charge in [0.25, 0.3) is 0 Å². The van der Waals surface area contributed by atoms with E-state index < -0.39 is 0 Å². The van der Waals surface area contributed by atoms with E-state index in [1.54, 1.807) is 0 Å². The molecule has 0 amide bonds. The second kappa shape index (κ2) is 7.52. The summed E-state index contributed by atoms with van der Waals surface area (Å²) in [5.74, 6) is 0. The summed E-state index contributed by atoms with van der Waals surface area (Å²) in [4.78, 5) is 0. The number of allylic oxidation sites excluding steroid dienone is 4. The van der Waals surface area contributed by atoms with Crippen LogP contribution in [0.25, 0.3) is 16.7 Å². The molecule has 0 unspecified atom stereocenters. The van der Waals surface area contributed by atoms with Gasteiger partial charge < -0.3 is 0 Å². The fourth-order valence-corrected chi connectivity index (χ4v) is 4.61. The third-order valence-corrected chi connectivity index (χ3v) is 6.32. The van der Waals surface area contributed by atoms with Crippen molar-refractivity contribution >= 4 is 5.57 Å². The molecule has 0 heterocycles. The van der Waals surface area contributed by atoms with Crippen LogP contribution in [0, 0.1) is 6.92 Å². The molecule has 0 N–H and O–H groups in total. The molecule has 0 fully saturated rings. The van der Waals surface area contributed by atoms with Gasteiger partial charge in [-0.15, -0.1) is 0 Å². The highest BCUT2D eigenvalue weighted by Gasteiger charge is 2.34. The number of hydrogen-bond donors (Lipinski definition) is 0. The Balaban J connectivity index is 1.59. The summed E-state index contributed by atoms with van der Waals surface area (Å²) in [5, 5.41) is 0. The van der Waals surface area contributed by atoms with Crippen LogP contribution in [0.15, 0.2) is 84.5 Å². The van der Waals surface area contributed by atoms with Crippen molar-refractivity contribution in [3.63, 3.8) is 0 Å². The smallest absolute Gasteiger partial charge is 0.0158 e. The van der Waals surface area contributed by atoms with Gasteiger partial charge in [-0.2, -0.15) is 0 Å². The summed E-state index contributed by atoms with van der Waals surface area (Å²) >= 11 is 0. The molecule has 1 aliphatic rings. The highest BCUT2D eigenvalue weighted by atomic mass is 14.4. The van der Waals surface area contributed by atoms with Gasteiger partial charge in [0, 0.05) is 5.41 Å². The number of aryl methyl sites for hydroxylation is 1. The number of hydrogen-bond acceptors (Lipinski definition) is 0. The second-order valence-electron chi connectivity index (χ2n) is 8.90. The molecule has 0 saturated carbocycles. The molecule has 4 rings (SSSR count). The number of fused-ring (bicyclic) bond motifs is 3. The SMILES string of the molecule is C/C(=C\C=C(/C)c1ccccc1C)Cc1ccc2c(c1)C(C)(C)c1ccccc1-2. The van der Waals surface area contributed by atoms with Gasteiger partial charge >= 0.3 is 0 Å². The lowest BCUT2D eigenvalue weighted by Crippen LogP contribution is -2.15. The summed E-state index contributed by atoms with van der Waals surface area (Å²) < 4.78 is 0. The molecule has 3 aromatic carbocycles. The summed E-state index contributed by atoms with van der Waals surface area (Å²) in [6.07, 6.45) is 5.51. The zero-order valence-electron chi connectivity index (χ0n) is 18.2. The molecule has 0 atom stereocenters. The minimum Gasteiger partial charge on any atom is -0.0689 e. The van der Waals surface area contributed by atoms with Gasteiger partial charge in [0.15, 0.2) is 0 Å². The van der Waals surface area contributed by atoms with Gasteiger partial charge in [0.1, 0.15) is 0 Å². The van der Waals surface area contributed by atoms with Crippen molar-refractivity contribution in [2.24, 2.45) is 0 Å². The molecule has 0 nitrogen and oxygen atoms in total. The Morgan fingerprint density at radius 1 is 0.793 bits per heavy atom. The summed E-state index contributed by atoms with van der Waals surface area (Å²) in [5.41, 5.74) is 12.5. The predicted molar refractivity (Wildman–Crippen MR) is 126 cm³/mol. The molecule has 0 saturated heterocycles. The van der Waals surface area contributed by atoms with Crippen LogP contribution in [-0.2, 0) is 11.8 Å². The first kappa shape index (κ1) is 19.5. The van der Waals surface area contributed by atoms with Crippen molar-refractivity contribution in [1.82, 2.24) is 0 Å². The maximum atomic E-state index is 2.42. The Morgan fingerprint density at radius 3 is 2.28 bits per heavy atom. The van der Waals surface area contributed by atoms with Crippen LogP contribution >= 0.6 is 0 Å². The lowest BCUT2D eigenvalue weighted by molar-refractivity contribution is 0.659. The first-order chi connectivity index (χ1) is 13.9. The van der Waals surface area contributed by atoms with E-state index in [4.69, 9.17) is 0 Å². The van der Waals surface area contributed by atoms with Crippen LogP contribution in [0.1, 0.15) is 55.5 Å². The Bertz CT molecular complexity index is 1120. The van der Waals surface area contributed by atoms with Gasteiger partial charge in [-0.05, 0) is 71.7 Å². The van der Waals surface area contributed by atoms with Crippen LogP contribution in [0.2, 0.25) is 0 Å². The fraction of sp³-hybridized carbons (Fsp3) is 0.241. The van der Waals surface area contributed by atoms with E-state index in [9.17, 15) is 0 Å². The predicted octanol–water partition coefficient (Wildman–Crippen LogP) is 7.89. The average molecular weight is 379 g/mol. The van der Waals surface area contributed by atoms with Crippen molar-refractivity contribution in [3.05, 3.63) is 112 Å². The molecule has 0 spiro atoms. The van der Waals surface area contributed by atoms with Crippen molar-refractivity contribution in [1.29, 1.82) is 0 Å². The second-order valence-corrected chi connectivity index (χ2v) is 8.90. The van der Waals surface area contributed by atoms with Crippen molar-refractivity contribution < 1.29 is 0 Å². The van der Waals surface area contributed by atoms with Crippen molar-refractivity contribution in [2.75, 3.05) is 0 Å². The monoisotopic (exact) mass is 378 g/mol. The van der Waals surface area contributed by atoms with Gasteiger partial charge in [-0.3, -0.25) is 0 Å². The van der Waals surface area contributed by atoms with E-state index in [1.165, 1.54) is 50.1 Å². The molecule has 0 heteroatoms. The number of benzene rings is 3. The lowest BCUT2D eigenvalue weighted by Gasteiger charge is -2.22. The Labute approximate surface area is 175 Å². The quantitative estimate of drug-likeness (QED) is 0.405. The summed E-state index contributed by atoms with van der Waals surface area (Å²) in [6.45, 7) is 11.3. The molecule has 29 heavy (non-hydrogen) atoms. The molecule has 0 aliphatic heterocycles. The third-order valence-electron chi connectivity index (χ3n) is 6.32. The standard InChI is InChI=1S/C29H30/c1-20(14-15-22(3)24-11-7-6-10-21(24)2)18-23-16-17-26-25-12-8-9-13-27(25)29(4,5)28(26)19-23/h6-17,19H,18H2,1-5H3/b20-14+,22-15+. The first-order valence-corrected chi connectivity index (χ1v) is 10.5. The van der Waals surface area contributed by atoms with Crippen LogP contribution in [0.3, 0.4) is 0 Å². The average Bonchev–Trinajstić information content (AvgIpc) is 2.94. The van der Waals surface area contributed by atoms with E-state index >= 15 is 0 Å². The summed E-state index contributed by atoms with van der Waals surface area (Å²) in [6, 6.07) is 24.5. The summed E-state index contributed by atoms with van der Waals surface area (Å²) in [7, 11) is 0. The highest BCUT2D eigenvalue weighted by molar-refractivity contribution is 5.80. The Kier molecular flexibility index (Phi) is 5.04. The molecule has 0 radical (unpaired) electrons. The van der Waals surface area contributed by atoms with Crippen molar-refractivity contribution in [2.45, 2.75) is 46.5 Å². The van der Waals surface area contributed by atoms with Crippen LogP contribution in [-0.4, -0.2) is 0 Å². The zero-order valence-corrected chi connectivity index (χ0v) is 18.2. The van der Waals surface area contributed by atoms with Crippen LogP contribution in [0.4, 0.5) is 0 Å². The molecule has 0 aromatic heterocycles. The van der Waals surface area contributed by atoms with E-state index in [2.05, 4.69) is 114 Å². The van der Waals surface area contributed by atoms with Gasteiger partial charge in [-0.1, -0.05) is 98.3 Å². The van der Waals surface area contributed by atoms with Gasteiger partial charge in [0.2, 0.25) is 0 Å². The minimum absolute atomic E-state index is 0.0703. The normalized spacial score (nSPS) is 15.2. The van der Waals surface area contributed by atoms with E-state index in [0.29, 0.717) is 0 Å². The van der Waals surface area contributed by atoms with E-state index in [-0.39, 0.29) is 5.41 Å². The molecule has 146 valence electrons. The zero-order chi connectivity index (χ0) is 20.6. The van der Waals surface area contributed by atoms with Crippen molar-refractivity contribution in [3.8, 4) is 11.1 Å².